The number of furan rings is 1. The topological polar surface area (TPSA) is 56.2 Å². The van der Waals surface area contributed by atoms with Gasteiger partial charge in [-0.05, 0) is 26.0 Å². The minimum absolute atomic E-state index is 0.303. The number of rotatable bonds is 3. The second kappa shape index (κ2) is 3.94. The lowest BCUT2D eigenvalue weighted by Crippen LogP contribution is -1.72. The molecule has 0 aliphatic carbocycles. The number of hydrogen-bond donors (Lipinski definition) is 0. The zero-order chi connectivity index (χ0) is 10.8. The lowest BCUT2D eigenvalue weighted by Gasteiger charge is -1.89. The monoisotopic (exact) mass is 223 g/mol. The third kappa shape index (κ3) is 2.12. The quantitative estimate of drug-likeness (QED) is 0.749. The van der Waals surface area contributed by atoms with E-state index in [4.69, 9.17) is 8.83 Å². The van der Waals surface area contributed by atoms with Crippen LogP contribution in [0.15, 0.2) is 31.3 Å². The Morgan fingerprint density at radius 3 is 2.67 bits per heavy atom. The molecule has 2 aromatic rings. The van der Waals surface area contributed by atoms with Crippen molar-refractivity contribution in [3.05, 3.63) is 29.3 Å². The second-order valence-electron chi connectivity index (χ2n) is 3.00. The molecular formula is C10H9NO3S. The molecule has 15 heavy (non-hydrogen) atoms. The molecule has 0 radical (unpaired) electrons. The van der Waals surface area contributed by atoms with Crippen molar-refractivity contribution in [3.63, 3.8) is 0 Å². The van der Waals surface area contributed by atoms with Gasteiger partial charge in [-0.1, -0.05) is 0 Å². The van der Waals surface area contributed by atoms with Gasteiger partial charge in [-0.15, -0.1) is 0 Å². The average molecular weight is 223 g/mol. The van der Waals surface area contributed by atoms with Crippen LogP contribution < -0.4 is 0 Å². The summed E-state index contributed by atoms with van der Waals surface area (Å²) >= 11 is 1.26. The first-order chi connectivity index (χ1) is 7.19. The van der Waals surface area contributed by atoms with Gasteiger partial charge in [0, 0.05) is 11.8 Å². The number of hydrogen-bond acceptors (Lipinski definition) is 5. The molecule has 0 unspecified atom stereocenters. The Morgan fingerprint density at radius 2 is 2.13 bits per heavy atom. The van der Waals surface area contributed by atoms with Crippen LogP contribution in [0.3, 0.4) is 0 Å². The molecule has 0 amide bonds. The van der Waals surface area contributed by atoms with E-state index in [0.717, 1.165) is 11.5 Å². The van der Waals surface area contributed by atoms with Crippen LogP contribution in [0.2, 0.25) is 0 Å². The van der Waals surface area contributed by atoms with Crippen LogP contribution in [0.5, 0.6) is 0 Å². The van der Waals surface area contributed by atoms with E-state index in [2.05, 4.69) is 4.98 Å². The minimum Gasteiger partial charge on any atom is -0.447 e. The molecule has 78 valence electrons. The Bertz CT molecular complexity index is 467. The zero-order valence-electron chi connectivity index (χ0n) is 8.31. The van der Waals surface area contributed by atoms with E-state index in [1.165, 1.54) is 11.8 Å². The molecule has 2 rings (SSSR count). The fraction of sp³-hybridized carbons (Fsp3) is 0.200. The molecule has 0 N–H and O–H groups in total. The van der Waals surface area contributed by atoms with Crippen LogP contribution in [0.4, 0.5) is 0 Å². The molecule has 0 spiro atoms. The molecule has 4 nitrogen and oxygen atoms in total. The second-order valence-corrected chi connectivity index (χ2v) is 3.95. The first-order valence-corrected chi connectivity index (χ1v) is 5.17. The molecule has 0 aromatic carbocycles. The Labute approximate surface area is 90.7 Å². The van der Waals surface area contributed by atoms with Gasteiger partial charge < -0.3 is 8.83 Å². The van der Waals surface area contributed by atoms with Crippen LogP contribution in [0.1, 0.15) is 22.0 Å². The van der Waals surface area contributed by atoms with Crippen LogP contribution in [0, 0.1) is 13.8 Å². The number of aromatic nitrogens is 1. The SMILES string of the molecule is Cc1nc(Sc2ccc(C=O)o2)oc1C. The lowest BCUT2D eigenvalue weighted by atomic mass is 10.4. The van der Waals surface area contributed by atoms with E-state index in [1.807, 2.05) is 13.8 Å². The molecule has 0 atom stereocenters. The summed E-state index contributed by atoms with van der Waals surface area (Å²) in [7, 11) is 0. The Kier molecular flexibility index (Phi) is 2.64. The van der Waals surface area contributed by atoms with Gasteiger partial charge in [-0.2, -0.15) is 0 Å². The van der Waals surface area contributed by atoms with Crippen molar-refractivity contribution >= 4 is 18.0 Å². The highest BCUT2D eigenvalue weighted by Gasteiger charge is 2.10. The lowest BCUT2D eigenvalue weighted by molar-refractivity contribution is 0.109. The highest BCUT2D eigenvalue weighted by atomic mass is 32.2. The van der Waals surface area contributed by atoms with Crippen molar-refractivity contribution in [2.24, 2.45) is 0 Å². The van der Waals surface area contributed by atoms with Gasteiger partial charge in [-0.25, -0.2) is 4.98 Å². The van der Waals surface area contributed by atoms with Gasteiger partial charge in [0.1, 0.15) is 5.76 Å². The number of carbonyl (C=O) groups is 1. The summed E-state index contributed by atoms with van der Waals surface area (Å²) in [5, 5.41) is 1.12. The summed E-state index contributed by atoms with van der Waals surface area (Å²) in [6.07, 6.45) is 0.663. The minimum atomic E-state index is 0.303. The highest BCUT2D eigenvalue weighted by molar-refractivity contribution is 7.99. The van der Waals surface area contributed by atoms with Crippen molar-refractivity contribution in [1.82, 2.24) is 4.98 Å². The predicted octanol–water partition coefficient (Wildman–Crippen LogP) is 2.85. The molecule has 0 bridgehead atoms. The summed E-state index contributed by atoms with van der Waals surface area (Å²) in [6.45, 7) is 3.73. The van der Waals surface area contributed by atoms with Crippen LogP contribution in [-0.4, -0.2) is 11.3 Å². The molecule has 0 aliphatic rings. The molecule has 0 aliphatic heterocycles. The number of aldehydes is 1. The van der Waals surface area contributed by atoms with Crippen molar-refractivity contribution in [1.29, 1.82) is 0 Å². The Balaban J connectivity index is 2.17. The summed E-state index contributed by atoms with van der Waals surface area (Å²) in [5.74, 6) is 1.09. The summed E-state index contributed by atoms with van der Waals surface area (Å²) in [6, 6.07) is 3.32. The third-order valence-electron chi connectivity index (χ3n) is 1.92. The van der Waals surface area contributed by atoms with E-state index in [-0.39, 0.29) is 0 Å². The maximum absolute atomic E-state index is 10.4. The van der Waals surface area contributed by atoms with Gasteiger partial charge in [0.15, 0.2) is 17.1 Å². The van der Waals surface area contributed by atoms with Gasteiger partial charge in [0.25, 0.3) is 5.22 Å². The number of carbonyl (C=O) groups excluding carboxylic acids is 1. The summed E-state index contributed by atoms with van der Waals surface area (Å²) in [4.78, 5) is 14.6. The molecule has 5 heteroatoms. The third-order valence-corrected chi connectivity index (χ3v) is 2.68. The highest BCUT2D eigenvalue weighted by Crippen LogP contribution is 2.29. The Hall–Kier alpha value is -1.49. The van der Waals surface area contributed by atoms with Gasteiger partial charge in [0.05, 0.1) is 5.69 Å². The average Bonchev–Trinajstić information content (AvgIpc) is 2.76. The summed E-state index contributed by atoms with van der Waals surface area (Å²) in [5.41, 5.74) is 0.861. The van der Waals surface area contributed by atoms with E-state index in [0.29, 0.717) is 22.4 Å². The van der Waals surface area contributed by atoms with Crippen LogP contribution in [0.25, 0.3) is 0 Å². The van der Waals surface area contributed by atoms with Crippen molar-refractivity contribution in [2.45, 2.75) is 24.2 Å². The van der Waals surface area contributed by atoms with Crippen LogP contribution >= 0.6 is 11.8 Å². The van der Waals surface area contributed by atoms with Gasteiger partial charge in [0.2, 0.25) is 0 Å². The fourth-order valence-electron chi connectivity index (χ4n) is 1.03. The fourth-order valence-corrected chi connectivity index (χ4v) is 1.82. The molecule has 2 aromatic heterocycles. The molecule has 0 saturated heterocycles. The Morgan fingerprint density at radius 1 is 1.33 bits per heavy atom. The molecular weight excluding hydrogens is 214 g/mol. The van der Waals surface area contributed by atoms with E-state index < -0.39 is 0 Å². The smallest absolute Gasteiger partial charge is 0.263 e. The first-order valence-electron chi connectivity index (χ1n) is 4.36. The van der Waals surface area contributed by atoms with E-state index in [9.17, 15) is 4.79 Å². The van der Waals surface area contributed by atoms with Crippen molar-refractivity contribution in [2.75, 3.05) is 0 Å². The van der Waals surface area contributed by atoms with Crippen molar-refractivity contribution < 1.29 is 13.6 Å². The summed E-state index contributed by atoms with van der Waals surface area (Å²) < 4.78 is 10.5. The molecule has 2 heterocycles. The zero-order valence-corrected chi connectivity index (χ0v) is 9.13. The number of nitrogens with zero attached hydrogens (tertiary/aromatic N) is 1. The van der Waals surface area contributed by atoms with E-state index in [1.54, 1.807) is 12.1 Å². The largest absolute Gasteiger partial charge is 0.447 e. The standard InChI is InChI=1S/C10H9NO3S/c1-6-7(2)13-10(11-6)15-9-4-3-8(5-12)14-9/h3-5H,1-2H3. The first kappa shape index (κ1) is 10.0. The predicted molar refractivity (Wildman–Crippen MR) is 54.2 cm³/mol. The normalized spacial score (nSPS) is 10.5. The van der Waals surface area contributed by atoms with Gasteiger partial charge >= 0.3 is 0 Å². The van der Waals surface area contributed by atoms with Crippen LogP contribution in [-0.2, 0) is 0 Å². The number of oxazole rings is 1. The van der Waals surface area contributed by atoms with Gasteiger partial charge in [-0.3, -0.25) is 4.79 Å². The maximum Gasteiger partial charge on any atom is 0.263 e. The molecule has 0 fully saturated rings. The van der Waals surface area contributed by atoms with Crippen molar-refractivity contribution in [3.8, 4) is 0 Å². The van der Waals surface area contributed by atoms with E-state index >= 15 is 0 Å². The number of aryl methyl sites for hydroxylation is 2. The maximum atomic E-state index is 10.4. The molecule has 0 saturated carbocycles.